The molecule has 1 saturated heterocycles. The molecule has 1 aliphatic heterocycles. The van der Waals surface area contributed by atoms with Crippen molar-refractivity contribution in [1.82, 2.24) is 5.32 Å². The summed E-state index contributed by atoms with van der Waals surface area (Å²) in [6.45, 7) is 4.55. The lowest BCUT2D eigenvalue weighted by Gasteiger charge is -2.14. The number of carbonyl (C=O) groups is 2. The minimum absolute atomic E-state index is 0. The van der Waals surface area contributed by atoms with Gasteiger partial charge >= 0.3 is 5.97 Å². The van der Waals surface area contributed by atoms with E-state index in [4.69, 9.17) is 4.74 Å². The van der Waals surface area contributed by atoms with Gasteiger partial charge < -0.3 is 10.1 Å². The molecular formula is C10H18ClNO3. The topological polar surface area (TPSA) is 55.4 Å². The molecule has 4 nitrogen and oxygen atoms in total. The fourth-order valence-corrected chi connectivity index (χ4v) is 1.61. The Hall–Kier alpha value is -0.610. The molecular weight excluding hydrogens is 218 g/mol. The molecule has 5 heteroatoms. The minimum atomic E-state index is -0.634. The summed E-state index contributed by atoms with van der Waals surface area (Å²) in [5, 5.41) is 3.08. The molecule has 0 amide bonds. The molecule has 1 N–H and O–H groups in total. The Kier molecular flexibility index (Phi) is 6.52. The zero-order valence-electron chi connectivity index (χ0n) is 9.12. The second-order valence-electron chi connectivity index (χ2n) is 3.53. The number of ketones is 1. The lowest BCUT2D eigenvalue weighted by Crippen LogP contribution is -2.38. The highest BCUT2D eigenvalue weighted by Crippen LogP contribution is 2.12. The van der Waals surface area contributed by atoms with E-state index in [1.165, 1.54) is 0 Å². The van der Waals surface area contributed by atoms with E-state index in [1.54, 1.807) is 13.8 Å². The number of Topliss-reactive ketones (excluding diaryl/α,β-unsaturated/α-hetero) is 1. The number of rotatable bonds is 4. The zero-order valence-corrected chi connectivity index (χ0v) is 9.93. The van der Waals surface area contributed by atoms with Crippen LogP contribution in [-0.4, -0.2) is 30.9 Å². The molecule has 1 rings (SSSR count). The van der Waals surface area contributed by atoms with Crippen LogP contribution in [0, 0.1) is 5.92 Å². The summed E-state index contributed by atoms with van der Waals surface area (Å²) in [7, 11) is 0. The van der Waals surface area contributed by atoms with Crippen molar-refractivity contribution in [2.24, 2.45) is 5.92 Å². The Balaban J connectivity index is 0.00000196. The molecule has 0 spiro atoms. The quantitative estimate of drug-likeness (QED) is 0.582. The summed E-state index contributed by atoms with van der Waals surface area (Å²) < 4.78 is 4.80. The molecule has 2 unspecified atom stereocenters. The molecule has 0 bridgehead atoms. The van der Waals surface area contributed by atoms with Crippen molar-refractivity contribution >= 4 is 24.2 Å². The van der Waals surface area contributed by atoms with E-state index in [1.807, 2.05) is 0 Å². The standard InChI is InChI=1S/C10H17NO3.ClH/c1-3-14-10(13)7(2)9(12)8-5-4-6-11-8;/h7-8,11H,3-6H2,1-2H3;1H. The van der Waals surface area contributed by atoms with Crippen LogP contribution in [0.25, 0.3) is 0 Å². The van der Waals surface area contributed by atoms with Crippen LogP contribution in [0.4, 0.5) is 0 Å². The molecule has 0 aromatic heterocycles. The maximum atomic E-state index is 11.7. The first-order valence-corrected chi connectivity index (χ1v) is 5.10. The van der Waals surface area contributed by atoms with Gasteiger partial charge in [0, 0.05) is 0 Å². The third-order valence-electron chi connectivity index (χ3n) is 2.47. The fraction of sp³-hybridized carbons (Fsp3) is 0.800. The van der Waals surface area contributed by atoms with Crippen molar-refractivity contribution in [3.8, 4) is 0 Å². The van der Waals surface area contributed by atoms with E-state index in [-0.39, 0.29) is 24.2 Å². The maximum absolute atomic E-state index is 11.7. The molecule has 1 fully saturated rings. The molecule has 1 aliphatic rings. The van der Waals surface area contributed by atoms with Gasteiger partial charge in [-0.1, -0.05) is 0 Å². The van der Waals surface area contributed by atoms with Gasteiger partial charge in [-0.05, 0) is 33.2 Å². The summed E-state index contributed by atoms with van der Waals surface area (Å²) in [5.74, 6) is -1.09. The first-order valence-electron chi connectivity index (χ1n) is 5.10. The molecule has 1 heterocycles. The average molecular weight is 236 g/mol. The van der Waals surface area contributed by atoms with Crippen molar-refractivity contribution in [1.29, 1.82) is 0 Å². The van der Waals surface area contributed by atoms with E-state index in [0.717, 1.165) is 19.4 Å². The normalized spacial score (nSPS) is 21.6. The number of halogens is 1. The van der Waals surface area contributed by atoms with Gasteiger partial charge in [0.1, 0.15) is 5.92 Å². The summed E-state index contributed by atoms with van der Waals surface area (Å²) in [4.78, 5) is 23.0. The van der Waals surface area contributed by atoms with Crippen LogP contribution >= 0.6 is 12.4 Å². The Labute approximate surface area is 96.2 Å². The van der Waals surface area contributed by atoms with Gasteiger partial charge in [-0.15, -0.1) is 12.4 Å². The summed E-state index contributed by atoms with van der Waals surface area (Å²) in [6, 6.07) is -0.144. The third kappa shape index (κ3) is 3.80. The molecule has 0 aliphatic carbocycles. The van der Waals surface area contributed by atoms with Crippen LogP contribution in [-0.2, 0) is 14.3 Å². The third-order valence-corrected chi connectivity index (χ3v) is 2.47. The van der Waals surface area contributed by atoms with Crippen LogP contribution in [0.1, 0.15) is 26.7 Å². The molecule has 0 aromatic carbocycles. The first-order chi connectivity index (χ1) is 6.66. The Morgan fingerprint density at radius 3 is 2.67 bits per heavy atom. The van der Waals surface area contributed by atoms with Crippen molar-refractivity contribution < 1.29 is 14.3 Å². The maximum Gasteiger partial charge on any atom is 0.316 e. The molecule has 15 heavy (non-hydrogen) atoms. The van der Waals surface area contributed by atoms with Gasteiger partial charge in [-0.2, -0.15) is 0 Å². The molecule has 88 valence electrons. The number of carbonyl (C=O) groups excluding carboxylic acids is 2. The van der Waals surface area contributed by atoms with Gasteiger partial charge in [-0.25, -0.2) is 0 Å². The Morgan fingerprint density at radius 1 is 1.53 bits per heavy atom. The molecule has 2 atom stereocenters. The second kappa shape index (κ2) is 6.80. The van der Waals surface area contributed by atoms with E-state index in [2.05, 4.69) is 5.32 Å². The van der Waals surface area contributed by atoms with Gasteiger partial charge in [0.2, 0.25) is 0 Å². The fourth-order valence-electron chi connectivity index (χ4n) is 1.61. The van der Waals surface area contributed by atoms with Crippen LogP contribution in [0.2, 0.25) is 0 Å². The van der Waals surface area contributed by atoms with Crippen LogP contribution < -0.4 is 5.32 Å². The highest BCUT2D eigenvalue weighted by molar-refractivity contribution is 6.01. The number of esters is 1. The number of nitrogens with one attached hydrogen (secondary N) is 1. The van der Waals surface area contributed by atoms with Gasteiger partial charge in [0.25, 0.3) is 0 Å². The highest BCUT2D eigenvalue weighted by atomic mass is 35.5. The van der Waals surface area contributed by atoms with Crippen molar-refractivity contribution in [3.63, 3.8) is 0 Å². The Bertz CT molecular complexity index is 227. The van der Waals surface area contributed by atoms with Gasteiger partial charge in [0.05, 0.1) is 12.6 Å². The lowest BCUT2D eigenvalue weighted by molar-refractivity contribution is -0.151. The van der Waals surface area contributed by atoms with E-state index >= 15 is 0 Å². The monoisotopic (exact) mass is 235 g/mol. The molecule has 0 radical (unpaired) electrons. The minimum Gasteiger partial charge on any atom is -0.465 e. The van der Waals surface area contributed by atoms with E-state index < -0.39 is 11.9 Å². The van der Waals surface area contributed by atoms with Gasteiger partial charge in [-0.3, -0.25) is 9.59 Å². The zero-order chi connectivity index (χ0) is 10.6. The Morgan fingerprint density at radius 2 is 2.20 bits per heavy atom. The summed E-state index contributed by atoms with van der Waals surface area (Å²) >= 11 is 0. The largest absolute Gasteiger partial charge is 0.465 e. The van der Waals surface area contributed by atoms with Crippen molar-refractivity contribution in [2.75, 3.05) is 13.2 Å². The van der Waals surface area contributed by atoms with E-state index in [9.17, 15) is 9.59 Å². The second-order valence-corrected chi connectivity index (χ2v) is 3.53. The lowest BCUT2D eigenvalue weighted by atomic mass is 9.99. The van der Waals surface area contributed by atoms with Crippen molar-refractivity contribution in [2.45, 2.75) is 32.7 Å². The predicted molar refractivity (Wildman–Crippen MR) is 59.1 cm³/mol. The first kappa shape index (κ1) is 14.4. The number of ether oxygens (including phenoxy) is 1. The molecule has 0 saturated carbocycles. The SMILES string of the molecule is CCOC(=O)C(C)C(=O)C1CCCN1.Cl. The van der Waals surface area contributed by atoms with Gasteiger partial charge in [0.15, 0.2) is 5.78 Å². The number of hydrogen-bond donors (Lipinski definition) is 1. The highest BCUT2D eigenvalue weighted by Gasteiger charge is 2.31. The van der Waals surface area contributed by atoms with Crippen LogP contribution in [0.3, 0.4) is 0 Å². The summed E-state index contributed by atoms with van der Waals surface area (Å²) in [5.41, 5.74) is 0. The smallest absolute Gasteiger partial charge is 0.316 e. The average Bonchev–Trinajstić information content (AvgIpc) is 2.68. The number of hydrogen-bond acceptors (Lipinski definition) is 4. The summed E-state index contributed by atoms with van der Waals surface area (Å²) in [6.07, 6.45) is 1.84. The van der Waals surface area contributed by atoms with Crippen molar-refractivity contribution in [3.05, 3.63) is 0 Å². The van der Waals surface area contributed by atoms with E-state index in [0.29, 0.717) is 6.61 Å². The van der Waals surface area contributed by atoms with Crippen LogP contribution in [0.15, 0.2) is 0 Å². The molecule has 0 aromatic rings. The predicted octanol–water partition coefficient (Wildman–Crippen LogP) is 0.928. The van der Waals surface area contributed by atoms with Crippen LogP contribution in [0.5, 0.6) is 0 Å².